The number of sulfonamides is 1. The molecular weight excluding hydrogens is 380 g/mol. The molecule has 0 unspecified atom stereocenters. The molecule has 142 valence electrons. The summed E-state index contributed by atoms with van der Waals surface area (Å²) in [7, 11) is 1.87. The highest BCUT2D eigenvalue weighted by Gasteiger charge is 2.26. The van der Waals surface area contributed by atoms with Crippen LogP contribution in [0.25, 0.3) is 0 Å². The van der Waals surface area contributed by atoms with E-state index >= 15 is 0 Å². The molecule has 7 heteroatoms. The maximum atomic E-state index is 13.2. The Bertz CT molecular complexity index is 965. The first-order valence-electron chi connectivity index (χ1n) is 8.38. The number of thiophene rings is 1. The van der Waals surface area contributed by atoms with Crippen LogP contribution in [0, 0.1) is 0 Å². The van der Waals surface area contributed by atoms with E-state index in [4.69, 9.17) is 4.74 Å². The molecule has 0 amide bonds. The standard InChI is InChI=1S/C20H22N2O3S2/c1-21(2)17-8-6-16(7-9-17)15-22(18-10-12-19(25-3)13-11-18)27(23,24)20-5-4-14-26-20/h4-14H,15H2,1-3H3. The second-order valence-corrected chi connectivity index (χ2v) is 9.24. The van der Waals surface area contributed by atoms with Gasteiger partial charge in [0, 0.05) is 19.8 Å². The monoisotopic (exact) mass is 402 g/mol. The summed E-state index contributed by atoms with van der Waals surface area (Å²) < 4.78 is 33.4. The number of hydrogen-bond donors (Lipinski definition) is 0. The average molecular weight is 403 g/mol. The first kappa shape index (κ1) is 19.3. The van der Waals surface area contributed by atoms with Crippen molar-refractivity contribution in [2.24, 2.45) is 0 Å². The van der Waals surface area contributed by atoms with Crippen molar-refractivity contribution in [2.45, 2.75) is 10.8 Å². The van der Waals surface area contributed by atoms with Crippen LogP contribution in [-0.2, 0) is 16.6 Å². The van der Waals surface area contributed by atoms with Gasteiger partial charge in [0.2, 0.25) is 0 Å². The quantitative estimate of drug-likeness (QED) is 0.594. The zero-order chi connectivity index (χ0) is 19.4. The third kappa shape index (κ3) is 4.26. The predicted octanol–water partition coefficient (Wildman–Crippen LogP) is 4.22. The lowest BCUT2D eigenvalue weighted by Gasteiger charge is -2.24. The molecule has 0 fully saturated rings. The van der Waals surface area contributed by atoms with Crippen molar-refractivity contribution >= 4 is 32.7 Å². The van der Waals surface area contributed by atoms with Crippen LogP contribution in [-0.4, -0.2) is 29.6 Å². The molecule has 0 atom stereocenters. The summed E-state index contributed by atoms with van der Waals surface area (Å²) in [5, 5.41) is 1.77. The minimum atomic E-state index is -3.65. The van der Waals surface area contributed by atoms with Gasteiger partial charge in [-0.15, -0.1) is 11.3 Å². The molecule has 27 heavy (non-hydrogen) atoms. The molecule has 1 aromatic heterocycles. The first-order valence-corrected chi connectivity index (χ1v) is 10.7. The molecule has 3 rings (SSSR count). The van der Waals surface area contributed by atoms with E-state index in [9.17, 15) is 8.42 Å². The number of nitrogens with zero attached hydrogens (tertiary/aromatic N) is 2. The van der Waals surface area contributed by atoms with Crippen LogP contribution >= 0.6 is 11.3 Å². The van der Waals surface area contributed by atoms with Gasteiger partial charge in [0.25, 0.3) is 10.0 Å². The van der Waals surface area contributed by atoms with Gasteiger partial charge in [-0.05, 0) is 53.4 Å². The van der Waals surface area contributed by atoms with Crippen LogP contribution < -0.4 is 13.9 Å². The Morgan fingerprint density at radius 1 is 0.926 bits per heavy atom. The number of ether oxygens (including phenoxy) is 1. The Morgan fingerprint density at radius 2 is 1.56 bits per heavy atom. The van der Waals surface area contributed by atoms with E-state index < -0.39 is 10.0 Å². The molecule has 0 radical (unpaired) electrons. The largest absolute Gasteiger partial charge is 0.497 e. The Balaban J connectivity index is 1.99. The van der Waals surface area contributed by atoms with Gasteiger partial charge in [-0.1, -0.05) is 18.2 Å². The van der Waals surface area contributed by atoms with Crippen molar-refractivity contribution in [1.29, 1.82) is 0 Å². The fraction of sp³-hybridized carbons (Fsp3) is 0.200. The summed E-state index contributed by atoms with van der Waals surface area (Å²) in [6, 6.07) is 18.3. The van der Waals surface area contributed by atoms with Crippen LogP contribution in [0.2, 0.25) is 0 Å². The summed E-state index contributed by atoms with van der Waals surface area (Å²) in [4.78, 5) is 2.01. The molecule has 0 aliphatic heterocycles. The highest BCUT2D eigenvalue weighted by molar-refractivity contribution is 7.94. The van der Waals surface area contributed by atoms with E-state index in [1.54, 1.807) is 48.9 Å². The molecule has 3 aromatic rings. The van der Waals surface area contributed by atoms with Crippen molar-refractivity contribution in [2.75, 3.05) is 30.4 Å². The van der Waals surface area contributed by atoms with Gasteiger partial charge in [0.1, 0.15) is 9.96 Å². The van der Waals surface area contributed by atoms with Crippen LogP contribution in [0.3, 0.4) is 0 Å². The smallest absolute Gasteiger partial charge is 0.274 e. The van der Waals surface area contributed by atoms with Gasteiger partial charge >= 0.3 is 0 Å². The third-order valence-corrected chi connectivity index (χ3v) is 7.33. The van der Waals surface area contributed by atoms with Crippen molar-refractivity contribution in [3.63, 3.8) is 0 Å². The fourth-order valence-corrected chi connectivity index (χ4v) is 5.21. The molecule has 0 bridgehead atoms. The van der Waals surface area contributed by atoms with Crippen LogP contribution in [0.4, 0.5) is 11.4 Å². The summed E-state index contributed by atoms with van der Waals surface area (Å²) >= 11 is 1.22. The van der Waals surface area contributed by atoms with Crippen LogP contribution in [0.1, 0.15) is 5.56 Å². The van der Waals surface area contributed by atoms with Crippen molar-refractivity contribution in [1.82, 2.24) is 0 Å². The Kier molecular flexibility index (Phi) is 5.72. The number of rotatable bonds is 7. The lowest BCUT2D eigenvalue weighted by Crippen LogP contribution is -2.30. The number of methoxy groups -OCH3 is 1. The number of hydrogen-bond acceptors (Lipinski definition) is 5. The lowest BCUT2D eigenvalue weighted by molar-refractivity contribution is 0.415. The molecule has 0 saturated carbocycles. The fourth-order valence-electron chi connectivity index (χ4n) is 2.65. The van der Waals surface area contributed by atoms with E-state index in [-0.39, 0.29) is 6.54 Å². The number of anilines is 2. The zero-order valence-corrected chi connectivity index (χ0v) is 17.1. The molecule has 0 N–H and O–H groups in total. The van der Waals surface area contributed by atoms with Gasteiger partial charge in [-0.3, -0.25) is 4.31 Å². The molecule has 5 nitrogen and oxygen atoms in total. The highest BCUT2D eigenvalue weighted by Crippen LogP contribution is 2.30. The highest BCUT2D eigenvalue weighted by atomic mass is 32.2. The van der Waals surface area contributed by atoms with E-state index in [0.717, 1.165) is 11.3 Å². The van der Waals surface area contributed by atoms with E-state index in [1.807, 2.05) is 43.3 Å². The summed E-state index contributed by atoms with van der Waals surface area (Å²) in [6.45, 7) is 0.250. The van der Waals surface area contributed by atoms with E-state index in [2.05, 4.69) is 0 Å². The van der Waals surface area contributed by atoms with Crippen molar-refractivity contribution in [3.05, 3.63) is 71.6 Å². The predicted molar refractivity (Wildman–Crippen MR) is 111 cm³/mol. The van der Waals surface area contributed by atoms with Gasteiger partial charge < -0.3 is 9.64 Å². The van der Waals surface area contributed by atoms with Crippen LogP contribution in [0.5, 0.6) is 5.75 Å². The SMILES string of the molecule is COc1ccc(N(Cc2ccc(N(C)C)cc2)S(=O)(=O)c2cccs2)cc1. The van der Waals surface area contributed by atoms with Crippen molar-refractivity contribution in [3.8, 4) is 5.75 Å². The Labute approximate surface area is 164 Å². The number of benzene rings is 2. The van der Waals surface area contributed by atoms with Crippen molar-refractivity contribution < 1.29 is 13.2 Å². The summed E-state index contributed by atoms with van der Waals surface area (Å²) in [5.41, 5.74) is 2.58. The lowest BCUT2D eigenvalue weighted by atomic mass is 10.2. The van der Waals surface area contributed by atoms with E-state index in [1.165, 1.54) is 15.6 Å². The van der Waals surface area contributed by atoms with Gasteiger partial charge in [0.15, 0.2) is 0 Å². The maximum absolute atomic E-state index is 13.2. The van der Waals surface area contributed by atoms with Gasteiger partial charge in [-0.2, -0.15) is 0 Å². The molecule has 0 spiro atoms. The molecule has 1 heterocycles. The van der Waals surface area contributed by atoms with Crippen LogP contribution in [0.15, 0.2) is 70.3 Å². The van der Waals surface area contributed by atoms with E-state index in [0.29, 0.717) is 15.6 Å². The molecular formula is C20H22N2O3S2. The summed E-state index contributed by atoms with van der Waals surface area (Å²) in [6.07, 6.45) is 0. The normalized spacial score (nSPS) is 11.2. The maximum Gasteiger partial charge on any atom is 0.274 e. The second-order valence-electron chi connectivity index (χ2n) is 6.20. The molecule has 0 aliphatic carbocycles. The molecule has 0 saturated heterocycles. The Morgan fingerprint density at radius 3 is 2.07 bits per heavy atom. The topological polar surface area (TPSA) is 49.9 Å². The zero-order valence-electron chi connectivity index (χ0n) is 15.5. The van der Waals surface area contributed by atoms with Gasteiger partial charge in [-0.25, -0.2) is 8.42 Å². The average Bonchev–Trinajstić information content (AvgIpc) is 3.22. The molecule has 2 aromatic carbocycles. The second kappa shape index (κ2) is 8.02. The van der Waals surface area contributed by atoms with Gasteiger partial charge in [0.05, 0.1) is 19.3 Å². The minimum Gasteiger partial charge on any atom is -0.497 e. The third-order valence-electron chi connectivity index (χ3n) is 4.18. The summed E-state index contributed by atoms with van der Waals surface area (Å²) in [5.74, 6) is 0.683. The minimum absolute atomic E-state index is 0.250. The first-order chi connectivity index (χ1) is 12.9. The molecule has 0 aliphatic rings. The Hall–Kier alpha value is -2.51.